The molecule has 1 aliphatic heterocycles. The number of amides is 1. The Morgan fingerprint density at radius 3 is 2.79 bits per heavy atom. The second-order valence-corrected chi connectivity index (χ2v) is 10.3. The van der Waals surface area contributed by atoms with Crippen LogP contribution in [0.25, 0.3) is 11.3 Å². The van der Waals surface area contributed by atoms with Gasteiger partial charge in [-0.15, -0.1) is 23.1 Å². The van der Waals surface area contributed by atoms with Crippen molar-refractivity contribution in [1.29, 1.82) is 0 Å². The summed E-state index contributed by atoms with van der Waals surface area (Å²) >= 11 is 3.76. The molecule has 0 bridgehead atoms. The van der Waals surface area contributed by atoms with Crippen molar-refractivity contribution in [2.75, 3.05) is 17.6 Å². The van der Waals surface area contributed by atoms with E-state index in [0.717, 1.165) is 43.1 Å². The van der Waals surface area contributed by atoms with E-state index in [2.05, 4.69) is 43.4 Å². The molecule has 6 heteroatoms. The van der Waals surface area contributed by atoms with Crippen LogP contribution in [0.3, 0.4) is 0 Å². The minimum absolute atomic E-state index is 0.295. The number of thiazole rings is 1. The van der Waals surface area contributed by atoms with Gasteiger partial charge in [-0.05, 0) is 57.9 Å². The van der Waals surface area contributed by atoms with Gasteiger partial charge in [0.2, 0.25) is 6.41 Å². The average molecular weight is 416 g/mol. The number of hydrogen-bond donors (Lipinski definition) is 1. The number of fused-ring (bicyclic) bond motifs is 3. The molecule has 2 aromatic rings. The smallest absolute Gasteiger partial charge is 0.210 e. The lowest BCUT2D eigenvalue weighted by molar-refractivity contribution is -0.122. The highest BCUT2D eigenvalue weighted by Gasteiger charge is 2.27. The molecule has 4 nitrogen and oxygen atoms in total. The maximum absolute atomic E-state index is 11.4. The van der Waals surface area contributed by atoms with Gasteiger partial charge >= 0.3 is 0 Å². The number of carbonyl (C=O) groups excluding carboxylic acids is 1. The quantitative estimate of drug-likeness (QED) is 0.651. The van der Waals surface area contributed by atoms with Crippen molar-refractivity contribution >= 4 is 34.6 Å². The molecule has 1 aromatic heterocycles. The average Bonchev–Trinajstić information content (AvgIpc) is 3.03. The minimum atomic E-state index is 0.295. The topological polar surface area (TPSA) is 45.2 Å². The molecule has 1 saturated carbocycles. The van der Waals surface area contributed by atoms with Crippen LogP contribution < -0.4 is 5.32 Å². The predicted octanol–water partition coefficient (Wildman–Crippen LogP) is 5.30. The van der Waals surface area contributed by atoms with Gasteiger partial charge in [-0.25, -0.2) is 4.98 Å². The van der Waals surface area contributed by atoms with E-state index in [1.54, 1.807) is 0 Å². The fourth-order valence-electron chi connectivity index (χ4n) is 4.36. The highest BCUT2D eigenvalue weighted by Crippen LogP contribution is 2.40. The Labute approximate surface area is 176 Å². The number of rotatable bonds is 6. The first-order valence-electron chi connectivity index (χ1n) is 10.3. The standard InChI is InChI=1S/C22H29N3OS2/c1-15(2)25(14-26)17-9-7-16(8-10-17)13-23-22-24-21-18-5-3-4-6-19(18)27-12-11-20(21)28-22/h3-6,14-17H,7-13H2,1-2H3,(H,23,24)/t16-,17-. The van der Waals surface area contributed by atoms with E-state index in [1.807, 2.05) is 28.0 Å². The number of benzene rings is 1. The van der Waals surface area contributed by atoms with Gasteiger partial charge in [0.05, 0.1) is 5.69 Å². The molecular weight excluding hydrogens is 386 g/mol. The van der Waals surface area contributed by atoms with Crippen molar-refractivity contribution in [1.82, 2.24) is 9.88 Å². The number of nitrogens with one attached hydrogen (secondary N) is 1. The Bertz CT molecular complexity index is 812. The van der Waals surface area contributed by atoms with Crippen molar-refractivity contribution in [3.63, 3.8) is 0 Å². The fraction of sp³-hybridized carbons (Fsp3) is 0.545. The summed E-state index contributed by atoms with van der Waals surface area (Å²) in [5.74, 6) is 1.79. The third kappa shape index (κ3) is 4.23. The van der Waals surface area contributed by atoms with Gasteiger partial charge in [-0.1, -0.05) is 18.2 Å². The van der Waals surface area contributed by atoms with Crippen LogP contribution in [0.1, 0.15) is 44.4 Å². The van der Waals surface area contributed by atoms with Crippen LogP contribution >= 0.6 is 23.1 Å². The molecule has 2 heterocycles. The third-order valence-electron chi connectivity index (χ3n) is 5.92. The number of aryl methyl sites for hydroxylation is 1. The van der Waals surface area contributed by atoms with Gasteiger partial charge in [0, 0.05) is 39.7 Å². The Kier molecular flexibility index (Phi) is 6.26. The van der Waals surface area contributed by atoms with E-state index in [4.69, 9.17) is 4.98 Å². The summed E-state index contributed by atoms with van der Waals surface area (Å²) in [6, 6.07) is 9.34. The molecule has 1 amide bonds. The molecule has 0 spiro atoms. The van der Waals surface area contributed by atoms with Gasteiger partial charge in [0.1, 0.15) is 0 Å². The molecule has 1 fully saturated rings. The number of aromatic nitrogens is 1. The molecule has 0 atom stereocenters. The summed E-state index contributed by atoms with van der Waals surface area (Å²) in [5, 5.41) is 4.68. The Hall–Kier alpha value is -1.53. The van der Waals surface area contributed by atoms with Crippen LogP contribution in [0.5, 0.6) is 0 Å². The van der Waals surface area contributed by atoms with Gasteiger partial charge in [-0.3, -0.25) is 4.79 Å². The second kappa shape index (κ2) is 8.87. The molecule has 4 rings (SSSR count). The van der Waals surface area contributed by atoms with E-state index < -0.39 is 0 Å². The van der Waals surface area contributed by atoms with Crippen LogP contribution in [-0.2, 0) is 11.2 Å². The Balaban J connectivity index is 1.36. The highest BCUT2D eigenvalue weighted by atomic mass is 32.2. The molecule has 1 aliphatic carbocycles. The molecule has 2 aliphatic rings. The lowest BCUT2D eigenvalue weighted by Crippen LogP contribution is -2.42. The minimum Gasteiger partial charge on any atom is -0.361 e. The van der Waals surface area contributed by atoms with E-state index >= 15 is 0 Å². The molecule has 0 radical (unpaired) electrons. The van der Waals surface area contributed by atoms with Gasteiger partial charge < -0.3 is 10.2 Å². The van der Waals surface area contributed by atoms with Crippen LogP contribution in [-0.4, -0.2) is 40.7 Å². The van der Waals surface area contributed by atoms with Crippen LogP contribution in [0.4, 0.5) is 5.13 Å². The molecule has 1 aromatic carbocycles. The largest absolute Gasteiger partial charge is 0.361 e. The van der Waals surface area contributed by atoms with E-state index in [1.165, 1.54) is 33.9 Å². The SMILES string of the molecule is CC(C)N(C=O)[C@H]1CC[C@H](CNc2nc3c(s2)CCSc2ccccc2-3)CC1. The van der Waals surface area contributed by atoms with Gasteiger partial charge in [0.15, 0.2) is 5.13 Å². The number of thioether (sulfide) groups is 1. The number of anilines is 1. The van der Waals surface area contributed by atoms with Crippen LogP contribution in [0.15, 0.2) is 29.2 Å². The summed E-state index contributed by atoms with van der Waals surface area (Å²) in [4.78, 5) is 21.1. The first kappa shape index (κ1) is 19.8. The van der Waals surface area contributed by atoms with E-state index in [-0.39, 0.29) is 0 Å². The van der Waals surface area contributed by atoms with Crippen LogP contribution in [0, 0.1) is 5.92 Å². The van der Waals surface area contributed by atoms with Gasteiger partial charge in [-0.2, -0.15) is 0 Å². The molecule has 150 valence electrons. The number of carbonyl (C=O) groups is 1. The second-order valence-electron chi connectivity index (χ2n) is 8.09. The van der Waals surface area contributed by atoms with Crippen molar-refractivity contribution in [3.05, 3.63) is 29.1 Å². The van der Waals surface area contributed by atoms with E-state index in [0.29, 0.717) is 18.0 Å². The predicted molar refractivity (Wildman–Crippen MR) is 119 cm³/mol. The highest BCUT2D eigenvalue weighted by molar-refractivity contribution is 7.99. The molecular formula is C22H29N3OS2. The summed E-state index contributed by atoms with van der Waals surface area (Å²) < 4.78 is 0. The number of nitrogens with zero attached hydrogens (tertiary/aromatic N) is 2. The molecule has 0 saturated heterocycles. The Morgan fingerprint density at radius 1 is 1.25 bits per heavy atom. The zero-order valence-electron chi connectivity index (χ0n) is 16.7. The lowest BCUT2D eigenvalue weighted by atomic mass is 9.85. The normalized spacial score (nSPS) is 21.5. The molecule has 28 heavy (non-hydrogen) atoms. The monoisotopic (exact) mass is 415 g/mol. The molecule has 1 N–H and O–H groups in total. The number of hydrogen-bond acceptors (Lipinski definition) is 5. The summed E-state index contributed by atoms with van der Waals surface area (Å²) in [5.41, 5.74) is 2.46. The van der Waals surface area contributed by atoms with E-state index in [9.17, 15) is 4.79 Å². The van der Waals surface area contributed by atoms with Crippen molar-refractivity contribution < 1.29 is 4.79 Å². The van der Waals surface area contributed by atoms with Crippen LogP contribution in [0.2, 0.25) is 0 Å². The maximum atomic E-state index is 11.4. The third-order valence-corrected chi connectivity index (χ3v) is 8.07. The van der Waals surface area contributed by atoms with Crippen molar-refractivity contribution in [3.8, 4) is 11.3 Å². The first-order chi connectivity index (χ1) is 13.7. The van der Waals surface area contributed by atoms with Crippen molar-refractivity contribution in [2.24, 2.45) is 5.92 Å². The summed E-state index contributed by atoms with van der Waals surface area (Å²) in [7, 11) is 0. The maximum Gasteiger partial charge on any atom is 0.210 e. The zero-order chi connectivity index (χ0) is 19.5. The Morgan fingerprint density at radius 2 is 2.04 bits per heavy atom. The first-order valence-corrected chi connectivity index (χ1v) is 12.1. The summed E-state index contributed by atoms with van der Waals surface area (Å²) in [6.45, 7) is 5.19. The molecule has 0 unspecified atom stereocenters. The summed E-state index contributed by atoms with van der Waals surface area (Å²) in [6.07, 6.45) is 6.71. The zero-order valence-corrected chi connectivity index (χ0v) is 18.3. The van der Waals surface area contributed by atoms with Gasteiger partial charge in [0.25, 0.3) is 0 Å². The lowest BCUT2D eigenvalue weighted by Gasteiger charge is -2.37. The fourth-order valence-corrected chi connectivity index (χ4v) is 6.49. The van der Waals surface area contributed by atoms with Crippen molar-refractivity contribution in [2.45, 2.75) is 62.9 Å².